The largest absolute Gasteiger partial charge is 0.493 e. The van der Waals surface area contributed by atoms with Crippen LogP contribution in [0.15, 0.2) is 18.2 Å². The van der Waals surface area contributed by atoms with Gasteiger partial charge in [0.25, 0.3) is 0 Å². The normalized spacial score (nSPS) is 20.6. The third kappa shape index (κ3) is 3.53. The van der Waals surface area contributed by atoms with E-state index in [1.54, 1.807) is 14.2 Å². The van der Waals surface area contributed by atoms with Crippen LogP contribution in [-0.4, -0.2) is 49.8 Å². The second-order valence-electron chi connectivity index (χ2n) is 6.30. The highest BCUT2D eigenvalue weighted by Crippen LogP contribution is 2.29. The number of nitrogens with zero attached hydrogens (tertiary/aromatic N) is 1. The van der Waals surface area contributed by atoms with Crippen LogP contribution in [-0.2, 0) is 16.0 Å². The molecule has 0 spiro atoms. The van der Waals surface area contributed by atoms with E-state index in [9.17, 15) is 4.79 Å². The predicted molar refractivity (Wildman–Crippen MR) is 84.5 cm³/mol. The van der Waals surface area contributed by atoms with Crippen molar-refractivity contribution in [2.75, 3.05) is 27.4 Å². The molecule has 22 heavy (non-hydrogen) atoms. The van der Waals surface area contributed by atoms with Gasteiger partial charge in [-0.05, 0) is 38.5 Å². The summed E-state index contributed by atoms with van der Waals surface area (Å²) < 4.78 is 16.2. The second kappa shape index (κ2) is 6.57. The SMILES string of the molecule is COc1ccc(CC(=O)N2C[C@@H](C)OCC2(C)C)cc1OC. The van der Waals surface area contributed by atoms with E-state index in [0.717, 1.165) is 5.56 Å². The first-order valence-corrected chi connectivity index (χ1v) is 7.50. The van der Waals surface area contributed by atoms with Gasteiger partial charge in [-0.25, -0.2) is 0 Å². The first-order chi connectivity index (χ1) is 10.4. The zero-order valence-electron chi connectivity index (χ0n) is 14.0. The molecular weight excluding hydrogens is 282 g/mol. The fourth-order valence-electron chi connectivity index (χ4n) is 2.68. The molecule has 1 heterocycles. The number of hydrogen-bond acceptors (Lipinski definition) is 4. The maximum absolute atomic E-state index is 12.7. The number of ether oxygens (including phenoxy) is 3. The van der Waals surface area contributed by atoms with Crippen molar-refractivity contribution in [1.82, 2.24) is 4.90 Å². The Labute approximate surface area is 132 Å². The average molecular weight is 307 g/mol. The van der Waals surface area contributed by atoms with E-state index in [1.165, 1.54) is 0 Å². The van der Waals surface area contributed by atoms with E-state index in [1.807, 2.05) is 43.9 Å². The lowest BCUT2D eigenvalue weighted by molar-refractivity contribution is -0.152. The van der Waals surface area contributed by atoms with Crippen LogP contribution in [0.25, 0.3) is 0 Å². The molecule has 1 amide bonds. The smallest absolute Gasteiger partial charge is 0.227 e. The topological polar surface area (TPSA) is 48.0 Å². The number of carbonyl (C=O) groups is 1. The molecular formula is C17H25NO4. The molecule has 5 heteroatoms. The van der Waals surface area contributed by atoms with Crippen molar-refractivity contribution in [1.29, 1.82) is 0 Å². The van der Waals surface area contributed by atoms with Crippen LogP contribution < -0.4 is 9.47 Å². The Morgan fingerprint density at radius 3 is 2.64 bits per heavy atom. The summed E-state index contributed by atoms with van der Waals surface area (Å²) >= 11 is 0. The van der Waals surface area contributed by atoms with Crippen molar-refractivity contribution in [3.63, 3.8) is 0 Å². The van der Waals surface area contributed by atoms with Crippen LogP contribution in [0.3, 0.4) is 0 Å². The molecule has 2 rings (SSSR count). The van der Waals surface area contributed by atoms with Gasteiger partial charge in [-0.3, -0.25) is 4.79 Å². The van der Waals surface area contributed by atoms with Gasteiger partial charge in [0.1, 0.15) is 0 Å². The van der Waals surface area contributed by atoms with E-state index < -0.39 is 0 Å². The monoisotopic (exact) mass is 307 g/mol. The Bertz CT molecular complexity index is 541. The number of hydrogen-bond donors (Lipinski definition) is 0. The van der Waals surface area contributed by atoms with Gasteiger partial charge in [0, 0.05) is 6.54 Å². The number of methoxy groups -OCH3 is 2. The molecule has 0 N–H and O–H groups in total. The van der Waals surface area contributed by atoms with E-state index >= 15 is 0 Å². The van der Waals surface area contributed by atoms with Crippen molar-refractivity contribution >= 4 is 5.91 Å². The van der Waals surface area contributed by atoms with Gasteiger partial charge in [0.05, 0.1) is 38.9 Å². The van der Waals surface area contributed by atoms with Gasteiger partial charge in [0.15, 0.2) is 11.5 Å². The highest BCUT2D eigenvalue weighted by molar-refractivity contribution is 5.80. The number of morpholine rings is 1. The van der Waals surface area contributed by atoms with Crippen molar-refractivity contribution in [2.45, 2.75) is 38.8 Å². The maximum Gasteiger partial charge on any atom is 0.227 e. The van der Waals surface area contributed by atoms with Crippen molar-refractivity contribution in [2.24, 2.45) is 0 Å². The Morgan fingerprint density at radius 2 is 2.00 bits per heavy atom. The van der Waals surface area contributed by atoms with Gasteiger partial charge in [-0.15, -0.1) is 0 Å². The third-order valence-electron chi connectivity index (χ3n) is 4.00. The van der Waals surface area contributed by atoms with Gasteiger partial charge >= 0.3 is 0 Å². The van der Waals surface area contributed by atoms with Crippen LogP contribution in [0.1, 0.15) is 26.3 Å². The average Bonchev–Trinajstić information content (AvgIpc) is 2.49. The van der Waals surface area contributed by atoms with E-state index in [2.05, 4.69) is 0 Å². The van der Waals surface area contributed by atoms with Crippen LogP contribution in [0, 0.1) is 0 Å². The summed E-state index contributed by atoms with van der Waals surface area (Å²) in [6, 6.07) is 5.58. The molecule has 0 unspecified atom stereocenters. The number of benzene rings is 1. The Kier molecular flexibility index (Phi) is 4.96. The Hall–Kier alpha value is -1.75. The quantitative estimate of drug-likeness (QED) is 0.856. The summed E-state index contributed by atoms with van der Waals surface area (Å²) in [4.78, 5) is 14.6. The fraction of sp³-hybridized carbons (Fsp3) is 0.588. The number of carbonyl (C=O) groups excluding carboxylic acids is 1. The molecule has 1 aliphatic heterocycles. The van der Waals surface area contributed by atoms with Gasteiger partial charge in [0.2, 0.25) is 5.91 Å². The van der Waals surface area contributed by atoms with Crippen LogP contribution in [0.4, 0.5) is 0 Å². The van der Waals surface area contributed by atoms with Crippen LogP contribution >= 0.6 is 0 Å². The molecule has 0 saturated carbocycles. The third-order valence-corrected chi connectivity index (χ3v) is 4.00. The molecule has 1 aromatic carbocycles. The molecule has 122 valence electrons. The minimum atomic E-state index is -0.278. The second-order valence-corrected chi connectivity index (χ2v) is 6.30. The summed E-state index contributed by atoms with van der Waals surface area (Å²) in [5, 5.41) is 0. The first-order valence-electron chi connectivity index (χ1n) is 7.50. The van der Waals surface area contributed by atoms with E-state index in [4.69, 9.17) is 14.2 Å². The lowest BCUT2D eigenvalue weighted by Gasteiger charge is -2.44. The summed E-state index contributed by atoms with van der Waals surface area (Å²) in [7, 11) is 3.19. The fourth-order valence-corrected chi connectivity index (χ4v) is 2.68. The van der Waals surface area contributed by atoms with Gasteiger partial charge in [-0.1, -0.05) is 6.07 Å². The standard InChI is InChI=1S/C17H25NO4/c1-12-10-18(17(2,3)11-22-12)16(19)9-13-6-7-14(20-4)15(8-13)21-5/h6-8,12H,9-11H2,1-5H3/t12-/m1/s1. The molecule has 0 radical (unpaired) electrons. The van der Waals surface area contributed by atoms with Crippen LogP contribution in [0.2, 0.25) is 0 Å². The lowest BCUT2D eigenvalue weighted by atomic mass is 9.99. The number of amides is 1. The maximum atomic E-state index is 12.7. The zero-order valence-corrected chi connectivity index (χ0v) is 14.0. The van der Waals surface area contributed by atoms with Crippen molar-refractivity contribution in [3.05, 3.63) is 23.8 Å². The molecule has 5 nitrogen and oxygen atoms in total. The Morgan fingerprint density at radius 1 is 1.32 bits per heavy atom. The van der Waals surface area contributed by atoms with E-state index in [0.29, 0.717) is 31.1 Å². The molecule has 1 aliphatic rings. The van der Waals surface area contributed by atoms with Gasteiger partial charge in [-0.2, -0.15) is 0 Å². The molecule has 0 aliphatic carbocycles. The van der Waals surface area contributed by atoms with Gasteiger partial charge < -0.3 is 19.1 Å². The van der Waals surface area contributed by atoms with E-state index in [-0.39, 0.29) is 17.6 Å². The lowest BCUT2D eigenvalue weighted by Crippen LogP contribution is -2.58. The molecule has 1 saturated heterocycles. The summed E-state index contributed by atoms with van der Waals surface area (Å²) in [5.74, 6) is 1.41. The Balaban J connectivity index is 2.14. The van der Waals surface area contributed by atoms with Crippen LogP contribution in [0.5, 0.6) is 11.5 Å². The molecule has 0 aromatic heterocycles. The predicted octanol–water partition coefficient (Wildman–Crippen LogP) is 2.27. The molecule has 1 atom stereocenters. The molecule has 1 aromatic rings. The minimum absolute atomic E-state index is 0.0716. The number of rotatable bonds is 4. The first kappa shape index (κ1) is 16.6. The highest BCUT2D eigenvalue weighted by Gasteiger charge is 2.36. The summed E-state index contributed by atoms with van der Waals surface area (Å²) in [6.45, 7) is 7.24. The van der Waals surface area contributed by atoms with Crippen molar-refractivity contribution < 1.29 is 19.0 Å². The minimum Gasteiger partial charge on any atom is -0.493 e. The highest BCUT2D eigenvalue weighted by atomic mass is 16.5. The van der Waals surface area contributed by atoms with Crippen molar-refractivity contribution in [3.8, 4) is 11.5 Å². The summed E-state index contributed by atoms with van der Waals surface area (Å²) in [6.07, 6.45) is 0.415. The summed E-state index contributed by atoms with van der Waals surface area (Å²) in [5.41, 5.74) is 0.637. The molecule has 1 fully saturated rings. The molecule has 0 bridgehead atoms. The zero-order chi connectivity index (χ0) is 16.3.